The van der Waals surface area contributed by atoms with E-state index in [0.29, 0.717) is 24.4 Å². The van der Waals surface area contributed by atoms with E-state index in [0.717, 1.165) is 24.9 Å². The van der Waals surface area contributed by atoms with E-state index in [1.807, 2.05) is 7.05 Å². The molecule has 4 nitrogen and oxygen atoms in total. The second-order valence-electron chi connectivity index (χ2n) is 6.54. The average Bonchev–Trinajstić information content (AvgIpc) is 2.42. The zero-order chi connectivity index (χ0) is 15.4. The maximum Gasteiger partial charge on any atom is 0.317 e. The van der Waals surface area contributed by atoms with Gasteiger partial charge < -0.3 is 16.0 Å². The lowest BCUT2D eigenvalue weighted by molar-refractivity contribution is 0.196. The van der Waals surface area contributed by atoms with Gasteiger partial charge in [0.05, 0.1) is 0 Å². The number of benzene rings is 1. The van der Waals surface area contributed by atoms with Crippen molar-refractivity contribution in [3.63, 3.8) is 0 Å². The molecule has 0 heterocycles. The summed E-state index contributed by atoms with van der Waals surface area (Å²) in [7, 11) is 1.83. The molecule has 2 rings (SSSR count). The van der Waals surface area contributed by atoms with Crippen LogP contribution in [0.15, 0.2) is 24.3 Å². The summed E-state index contributed by atoms with van der Waals surface area (Å²) in [4.78, 5) is 13.8. The second kappa shape index (κ2) is 6.94. The van der Waals surface area contributed by atoms with Gasteiger partial charge in [0.2, 0.25) is 0 Å². The molecule has 3 N–H and O–H groups in total. The monoisotopic (exact) mass is 289 g/mol. The lowest BCUT2D eigenvalue weighted by Crippen LogP contribution is -2.45. The van der Waals surface area contributed by atoms with Gasteiger partial charge in [0.25, 0.3) is 0 Å². The first-order valence-electron chi connectivity index (χ1n) is 7.79. The van der Waals surface area contributed by atoms with Gasteiger partial charge in [-0.2, -0.15) is 0 Å². The molecule has 0 bridgehead atoms. The molecule has 1 aromatic carbocycles. The van der Waals surface area contributed by atoms with Gasteiger partial charge in [-0.3, -0.25) is 0 Å². The summed E-state index contributed by atoms with van der Waals surface area (Å²) >= 11 is 0. The summed E-state index contributed by atoms with van der Waals surface area (Å²) in [6, 6.07) is 8.81. The number of hydrogen-bond acceptors (Lipinski definition) is 2. The normalized spacial score (nSPS) is 21.0. The minimum Gasteiger partial charge on any atom is -0.338 e. The van der Waals surface area contributed by atoms with Crippen molar-refractivity contribution in [1.82, 2.24) is 10.2 Å². The first-order valence-corrected chi connectivity index (χ1v) is 7.79. The van der Waals surface area contributed by atoms with Crippen molar-refractivity contribution in [2.24, 2.45) is 11.7 Å². The van der Waals surface area contributed by atoms with Crippen LogP contribution in [0.3, 0.4) is 0 Å². The molecule has 0 aliphatic heterocycles. The molecule has 0 atom stereocenters. The van der Waals surface area contributed by atoms with Crippen LogP contribution >= 0.6 is 0 Å². The van der Waals surface area contributed by atoms with E-state index in [4.69, 9.17) is 5.73 Å². The number of nitrogens with one attached hydrogen (secondary N) is 1. The Hall–Kier alpha value is -1.55. The lowest BCUT2D eigenvalue weighted by Gasteiger charge is -2.33. The lowest BCUT2D eigenvalue weighted by atomic mass is 9.81. The van der Waals surface area contributed by atoms with Gasteiger partial charge in [-0.05, 0) is 35.8 Å². The van der Waals surface area contributed by atoms with Gasteiger partial charge in [0.15, 0.2) is 0 Å². The van der Waals surface area contributed by atoms with Crippen molar-refractivity contribution in [3.8, 4) is 0 Å². The Morgan fingerprint density at radius 1 is 1.33 bits per heavy atom. The summed E-state index contributed by atoms with van der Waals surface area (Å²) in [6.07, 6.45) is 2.06. The maximum absolute atomic E-state index is 12.0. The van der Waals surface area contributed by atoms with Crippen LogP contribution in [0.2, 0.25) is 0 Å². The second-order valence-corrected chi connectivity index (χ2v) is 6.54. The zero-order valence-electron chi connectivity index (χ0n) is 13.3. The molecule has 21 heavy (non-hydrogen) atoms. The molecule has 1 aliphatic rings. The van der Waals surface area contributed by atoms with Crippen LogP contribution < -0.4 is 11.1 Å². The Morgan fingerprint density at radius 2 is 1.95 bits per heavy atom. The van der Waals surface area contributed by atoms with E-state index in [9.17, 15) is 4.79 Å². The number of urea groups is 1. The molecule has 1 aliphatic carbocycles. The number of nitrogens with two attached hydrogens (primary N) is 1. The molecule has 116 valence electrons. The Balaban J connectivity index is 1.77. The van der Waals surface area contributed by atoms with Crippen molar-refractivity contribution < 1.29 is 4.79 Å². The molecular formula is C17H27N3O. The summed E-state index contributed by atoms with van der Waals surface area (Å²) in [5, 5.41) is 2.99. The molecule has 1 saturated carbocycles. The Morgan fingerprint density at radius 3 is 2.48 bits per heavy atom. The fourth-order valence-electron chi connectivity index (χ4n) is 2.67. The van der Waals surface area contributed by atoms with Crippen molar-refractivity contribution in [2.45, 2.75) is 45.2 Å². The van der Waals surface area contributed by atoms with E-state index in [1.54, 1.807) is 4.90 Å². The van der Waals surface area contributed by atoms with Crippen molar-refractivity contribution in [1.29, 1.82) is 0 Å². The number of carbonyl (C=O) groups excluding carboxylic acids is 1. The SMILES string of the molecule is CC(C)c1ccc(CN(C)C(=O)NCC2CC(N)C2)cc1. The third kappa shape index (κ3) is 4.46. The zero-order valence-corrected chi connectivity index (χ0v) is 13.3. The molecule has 0 unspecified atom stereocenters. The van der Waals surface area contributed by atoms with Crippen molar-refractivity contribution in [2.75, 3.05) is 13.6 Å². The van der Waals surface area contributed by atoms with E-state index < -0.39 is 0 Å². The van der Waals surface area contributed by atoms with E-state index >= 15 is 0 Å². The molecule has 0 saturated heterocycles. The van der Waals surface area contributed by atoms with E-state index in [1.165, 1.54) is 5.56 Å². The summed E-state index contributed by atoms with van der Waals surface area (Å²) < 4.78 is 0. The number of nitrogens with zero attached hydrogens (tertiary/aromatic N) is 1. The average molecular weight is 289 g/mol. The van der Waals surface area contributed by atoms with E-state index in [2.05, 4.69) is 43.4 Å². The van der Waals surface area contributed by atoms with Crippen molar-refractivity contribution >= 4 is 6.03 Å². The fraction of sp³-hybridized carbons (Fsp3) is 0.588. The van der Waals surface area contributed by atoms with Crippen molar-refractivity contribution in [3.05, 3.63) is 35.4 Å². The van der Waals surface area contributed by atoms with Gasteiger partial charge in [-0.1, -0.05) is 38.1 Å². The Labute approximate surface area is 127 Å². The maximum atomic E-state index is 12.0. The van der Waals surface area contributed by atoms with Gasteiger partial charge in [0, 0.05) is 26.2 Å². The minimum atomic E-state index is -0.0107. The van der Waals surface area contributed by atoms with Gasteiger partial charge in [-0.25, -0.2) is 4.79 Å². The van der Waals surface area contributed by atoms with Gasteiger partial charge >= 0.3 is 6.03 Å². The molecule has 2 amide bonds. The highest BCUT2D eigenvalue weighted by molar-refractivity contribution is 5.73. The molecule has 4 heteroatoms. The van der Waals surface area contributed by atoms with Gasteiger partial charge in [-0.15, -0.1) is 0 Å². The third-order valence-electron chi connectivity index (χ3n) is 4.23. The van der Waals surface area contributed by atoms with Crippen LogP contribution in [-0.4, -0.2) is 30.6 Å². The number of carbonyl (C=O) groups is 1. The van der Waals surface area contributed by atoms with Crippen LogP contribution in [0, 0.1) is 5.92 Å². The van der Waals surface area contributed by atoms with E-state index in [-0.39, 0.29) is 6.03 Å². The number of amides is 2. The molecule has 0 spiro atoms. The molecule has 1 fully saturated rings. The first kappa shape index (κ1) is 15.8. The highest BCUT2D eigenvalue weighted by Gasteiger charge is 2.26. The Kier molecular flexibility index (Phi) is 5.23. The van der Waals surface area contributed by atoms with Crippen LogP contribution in [-0.2, 0) is 6.54 Å². The predicted octanol–water partition coefficient (Wildman–Crippen LogP) is 2.69. The van der Waals surface area contributed by atoms with Crippen LogP contribution in [0.25, 0.3) is 0 Å². The first-order chi connectivity index (χ1) is 9.95. The summed E-state index contributed by atoms with van der Waals surface area (Å²) in [5.74, 6) is 1.09. The fourth-order valence-corrected chi connectivity index (χ4v) is 2.67. The number of rotatable bonds is 5. The Bertz CT molecular complexity index is 463. The molecule has 0 radical (unpaired) electrons. The predicted molar refractivity (Wildman–Crippen MR) is 86.1 cm³/mol. The topological polar surface area (TPSA) is 58.4 Å². The summed E-state index contributed by atoms with van der Waals surface area (Å²) in [5.41, 5.74) is 8.23. The van der Waals surface area contributed by atoms with Gasteiger partial charge in [0.1, 0.15) is 0 Å². The van der Waals surface area contributed by atoms with Crippen LogP contribution in [0.4, 0.5) is 4.79 Å². The summed E-state index contributed by atoms with van der Waals surface area (Å²) in [6.45, 7) is 5.74. The molecular weight excluding hydrogens is 262 g/mol. The standard InChI is InChI=1S/C17H27N3O/c1-12(2)15-6-4-13(5-7-15)11-20(3)17(21)19-10-14-8-16(18)9-14/h4-7,12,14,16H,8-11,18H2,1-3H3,(H,19,21). The highest BCUT2D eigenvalue weighted by Crippen LogP contribution is 2.24. The molecule has 1 aromatic rings. The smallest absolute Gasteiger partial charge is 0.317 e. The number of hydrogen-bond donors (Lipinski definition) is 2. The quantitative estimate of drug-likeness (QED) is 0.875. The van der Waals surface area contributed by atoms with Crippen LogP contribution in [0.5, 0.6) is 0 Å². The third-order valence-corrected chi connectivity index (χ3v) is 4.23. The van der Waals surface area contributed by atoms with Crippen LogP contribution in [0.1, 0.15) is 43.7 Å². The minimum absolute atomic E-state index is 0.0107. The highest BCUT2D eigenvalue weighted by atomic mass is 16.2. The molecule has 0 aromatic heterocycles. The largest absolute Gasteiger partial charge is 0.338 e.